The van der Waals surface area contributed by atoms with Crippen molar-refractivity contribution in [2.24, 2.45) is 0 Å². The molecule has 2 nitrogen and oxygen atoms in total. The first-order valence-electron chi connectivity index (χ1n) is 2.63. The maximum Gasteiger partial charge on any atom is 0.133 e. The Kier molecular flexibility index (Phi) is 5.59. The van der Waals surface area contributed by atoms with E-state index in [0.29, 0.717) is 13.0 Å². The lowest BCUT2D eigenvalue weighted by Gasteiger charge is -2.08. The van der Waals surface area contributed by atoms with Crippen LogP contribution >= 0.6 is 23.2 Å². The van der Waals surface area contributed by atoms with Crippen molar-refractivity contribution in [2.75, 3.05) is 13.7 Å². The highest BCUT2D eigenvalue weighted by Crippen LogP contribution is 2.10. The zero-order valence-corrected chi connectivity index (χ0v) is 6.69. The van der Waals surface area contributed by atoms with Gasteiger partial charge < -0.3 is 9.84 Å². The molecular weight excluding hydrogens is 163 g/mol. The van der Waals surface area contributed by atoms with E-state index in [2.05, 4.69) is 4.74 Å². The molecular formula is C5H10Cl2O2. The Morgan fingerprint density at radius 1 is 1.56 bits per heavy atom. The van der Waals surface area contributed by atoms with Gasteiger partial charge in [-0.2, -0.15) is 0 Å². The van der Waals surface area contributed by atoms with Crippen molar-refractivity contribution < 1.29 is 9.84 Å². The van der Waals surface area contributed by atoms with Gasteiger partial charge in [-0.25, -0.2) is 0 Å². The Bertz CT molecular complexity index is 68.0. The zero-order valence-electron chi connectivity index (χ0n) is 5.18. The Balaban J connectivity index is 3.16. The number of aliphatic hydroxyl groups is 1. The van der Waals surface area contributed by atoms with Crippen molar-refractivity contribution in [1.82, 2.24) is 0 Å². The van der Waals surface area contributed by atoms with Gasteiger partial charge in [-0.05, 0) is 6.42 Å². The van der Waals surface area contributed by atoms with Crippen LogP contribution in [0.25, 0.3) is 0 Å². The highest BCUT2D eigenvalue weighted by molar-refractivity contribution is 6.44. The summed E-state index contributed by atoms with van der Waals surface area (Å²) in [5, 5.41) is 8.91. The monoisotopic (exact) mass is 172 g/mol. The van der Waals surface area contributed by atoms with Gasteiger partial charge in [0.15, 0.2) is 0 Å². The van der Waals surface area contributed by atoms with E-state index in [1.165, 1.54) is 0 Å². The van der Waals surface area contributed by atoms with E-state index < -0.39 is 10.9 Å². The number of alkyl halides is 2. The first-order chi connectivity index (χ1) is 4.18. The zero-order chi connectivity index (χ0) is 7.28. The van der Waals surface area contributed by atoms with Crippen molar-refractivity contribution in [1.29, 1.82) is 0 Å². The molecule has 1 unspecified atom stereocenters. The molecule has 0 bridgehead atoms. The second kappa shape index (κ2) is 5.30. The summed E-state index contributed by atoms with van der Waals surface area (Å²) in [7, 11) is 1.56. The van der Waals surface area contributed by atoms with Gasteiger partial charge in [0.25, 0.3) is 0 Å². The molecule has 1 N–H and O–H groups in total. The quantitative estimate of drug-likeness (QED) is 0.647. The molecule has 0 aliphatic rings. The van der Waals surface area contributed by atoms with Crippen LogP contribution in [0.2, 0.25) is 0 Å². The summed E-state index contributed by atoms with van der Waals surface area (Å²) in [6, 6.07) is 0. The predicted octanol–water partition coefficient (Wildman–Crippen LogP) is 1.19. The fourth-order valence-corrected chi connectivity index (χ4v) is 0.617. The number of rotatable bonds is 4. The van der Waals surface area contributed by atoms with Crippen LogP contribution in [0.3, 0.4) is 0 Å². The smallest absolute Gasteiger partial charge is 0.133 e. The van der Waals surface area contributed by atoms with E-state index in [9.17, 15) is 0 Å². The normalized spacial score (nSPS) is 14.3. The maximum absolute atomic E-state index is 8.91. The van der Waals surface area contributed by atoms with E-state index in [1.54, 1.807) is 7.11 Å². The van der Waals surface area contributed by atoms with Gasteiger partial charge in [-0.3, -0.25) is 0 Å². The topological polar surface area (TPSA) is 29.5 Å². The van der Waals surface area contributed by atoms with Gasteiger partial charge in [0.1, 0.15) is 4.84 Å². The maximum atomic E-state index is 8.91. The largest absolute Gasteiger partial charge is 0.390 e. The van der Waals surface area contributed by atoms with Crippen LogP contribution in [0.4, 0.5) is 0 Å². The number of halogens is 2. The Morgan fingerprint density at radius 3 is 2.44 bits per heavy atom. The average Bonchev–Trinajstić information content (AvgIpc) is 1.82. The lowest BCUT2D eigenvalue weighted by molar-refractivity contribution is 0.118. The highest BCUT2D eigenvalue weighted by atomic mass is 35.5. The fourth-order valence-electron chi connectivity index (χ4n) is 0.365. The third-order valence-electron chi connectivity index (χ3n) is 0.909. The minimum atomic E-state index is -0.708. The van der Waals surface area contributed by atoms with Gasteiger partial charge >= 0.3 is 0 Å². The van der Waals surface area contributed by atoms with Crippen molar-refractivity contribution >= 4 is 23.2 Å². The first kappa shape index (κ1) is 9.50. The standard InChI is InChI=1S/C5H10Cl2O2/c1-9-3-2-4(8)5(6)7/h4-5,8H,2-3H2,1H3. The predicted molar refractivity (Wildman–Crippen MR) is 38.0 cm³/mol. The summed E-state index contributed by atoms with van der Waals surface area (Å²) in [6.07, 6.45) is -0.193. The molecule has 0 saturated heterocycles. The molecule has 0 aromatic heterocycles. The lowest BCUT2D eigenvalue weighted by Crippen LogP contribution is -2.17. The number of aliphatic hydroxyl groups excluding tert-OH is 1. The first-order valence-corrected chi connectivity index (χ1v) is 3.51. The molecule has 0 amide bonds. The molecule has 0 aliphatic heterocycles. The number of hydrogen-bond donors (Lipinski definition) is 1. The molecule has 0 aromatic carbocycles. The molecule has 0 spiro atoms. The summed E-state index contributed by atoms with van der Waals surface area (Å²) >= 11 is 10.6. The van der Waals surface area contributed by atoms with Crippen molar-refractivity contribution in [3.8, 4) is 0 Å². The van der Waals surface area contributed by atoms with Crippen molar-refractivity contribution in [3.63, 3.8) is 0 Å². The van der Waals surface area contributed by atoms with Crippen LogP contribution in [0.15, 0.2) is 0 Å². The molecule has 4 heteroatoms. The number of methoxy groups -OCH3 is 1. The Morgan fingerprint density at radius 2 is 2.11 bits per heavy atom. The van der Waals surface area contributed by atoms with Crippen LogP contribution in [-0.2, 0) is 4.74 Å². The average molecular weight is 173 g/mol. The Labute approximate surface area is 64.7 Å². The van der Waals surface area contributed by atoms with Gasteiger partial charge in [0, 0.05) is 13.7 Å². The third-order valence-corrected chi connectivity index (χ3v) is 1.49. The van der Waals surface area contributed by atoms with Crippen LogP contribution in [0.1, 0.15) is 6.42 Å². The minimum Gasteiger partial charge on any atom is -0.390 e. The van der Waals surface area contributed by atoms with Crippen LogP contribution in [0.5, 0.6) is 0 Å². The molecule has 0 radical (unpaired) electrons. The second-order valence-electron chi connectivity index (χ2n) is 1.68. The van der Waals surface area contributed by atoms with Crippen molar-refractivity contribution in [3.05, 3.63) is 0 Å². The van der Waals surface area contributed by atoms with Crippen molar-refractivity contribution in [2.45, 2.75) is 17.4 Å². The molecule has 0 saturated carbocycles. The minimum absolute atomic E-state index is 0.480. The third kappa shape index (κ3) is 4.97. The lowest BCUT2D eigenvalue weighted by atomic mass is 10.3. The molecule has 0 aliphatic carbocycles. The van der Waals surface area contributed by atoms with E-state index >= 15 is 0 Å². The summed E-state index contributed by atoms with van der Waals surface area (Å²) in [6.45, 7) is 0.483. The molecule has 1 atom stereocenters. The molecule has 56 valence electrons. The van der Waals surface area contributed by atoms with E-state index in [0.717, 1.165) is 0 Å². The highest BCUT2D eigenvalue weighted by Gasteiger charge is 2.11. The van der Waals surface area contributed by atoms with E-state index in [1.807, 2.05) is 0 Å². The van der Waals surface area contributed by atoms with Crippen LogP contribution < -0.4 is 0 Å². The SMILES string of the molecule is COCCC(O)C(Cl)Cl. The molecule has 9 heavy (non-hydrogen) atoms. The van der Waals surface area contributed by atoms with E-state index in [4.69, 9.17) is 28.3 Å². The van der Waals surface area contributed by atoms with Gasteiger partial charge in [-0.15, -0.1) is 23.2 Å². The Hall–Kier alpha value is 0.500. The fraction of sp³-hybridized carbons (Fsp3) is 1.00. The number of ether oxygens (including phenoxy) is 1. The van der Waals surface area contributed by atoms with E-state index in [-0.39, 0.29) is 0 Å². The van der Waals surface area contributed by atoms with Gasteiger partial charge in [-0.1, -0.05) is 0 Å². The molecule has 0 fully saturated rings. The molecule has 0 aromatic rings. The van der Waals surface area contributed by atoms with Crippen LogP contribution in [0, 0.1) is 0 Å². The molecule has 0 heterocycles. The summed E-state index contributed by atoms with van der Waals surface area (Å²) in [5.74, 6) is 0. The second-order valence-corrected chi connectivity index (χ2v) is 2.85. The van der Waals surface area contributed by atoms with Gasteiger partial charge in [0.05, 0.1) is 6.10 Å². The summed E-state index contributed by atoms with van der Waals surface area (Å²) in [4.78, 5) is -0.708. The summed E-state index contributed by atoms with van der Waals surface area (Å²) in [5.41, 5.74) is 0. The molecule has 0 rings (SSSR count). The number of hydrogen-bond acceptors (Lipinski definition) is 2. The summed E-state index contributed by atoms with van der Waals surface area (Å²) < 4.78 is 4.69. The van der Waals surface area contributed by atoms with Gasteiger partial charge in [0.2, 0.25) is 0 Å². The van der Waals surface area contributed by atoms with Crippen LogP contribution in [-0.4, -0.2) is 29.8 Å².